The monoisotopic (exact) mass is 372 g/mol. The van der Waals surface area contributed by atoms with Gasteiger partial charge in [0.25, 0.3) is 0 Å². The third-order valence-corrected chi connectivity index (χ3v) is 5.46. The van der Waals surface area contributed by atoms with Gasteiger partial charge in [0.1, 0.15) is 23.4 Å². The fourth-order valence-corrected chi connectivity index (χ4v) is 3.99. The Morgan fingerprint density at radius 2 is 1.70 bits per heavy atom. The van der Waals surface area contributed by atoms with Crippen LogP contribution in [-0.4, -0.2) is 36.7 Å². The molecule has 3 aliphatic heterocycles. The van der Waals surface area contributed by atoms with Gasteiger partial charge >= 0.3 is 6.09 Å². The number of nitrogens with zero attached hydrogens (tertiary/aromatic N) is 2. The summed E-state index contributed by atoms with van der Waals surface area (Å²) in [6.45, 7) is 2.77. The highest BCUT2D eigenvalue weighted by molar-refractivity contribution is 5.88. The van der Waals surface area contributed by atoms with Crippen LogP contribution in [0.15, 0.2) is 48.5 Å². The van der Waals surface area contributed by atoms with Crippen LogP contribution in [0.2, 0.25) is 0 Å². The summed E-state index contributed by atoms with van der Waals surface area (Å²) in [5, 5.41) is 0. The van der Waals surface area contributed by atoms with Crippen LogP contribution >= 0.6 is 0 Å². The number of benzene rings is 2. The van der Waals surface area contributed by atoms with Crippen LogP contribution in [0.4, 0.5) is 19.3 Å². The maximum Gasteiger partial charge on any atom is 0.415 e. The van der Waals surface area contributed by atoms with Gasteiger partial charge in [-0.05, 0) is 49.5 Å². The van der Waals surface area contributed by atoms with Crippen molar-refractivity contribution in [3.05, 3.63) is 65.7 Å². The number of piperidine rings is 3. The Balaban J connectivity index is 1.60. The van der Waals surface area contributed by atoms with E-state index in [0.717, 1.165) is 48.5 Å². The smallest absolute Gasteiger partial charge is 0.415 e. The molecule has 142 valence electrons. The van der Waals surface area contributed by atoms with Crippen molar-refractivity contribution in [1.82, 2.24) is 4.90 Å². The maximum absolute atomic E-state index is 14.4. The minimum absolute atomic E-state index is 0.0403. The second-order valence-electron chi connectivity index (χ2n) is 7.20. The molecule has 0 radical (unpaired) electrons. The second-order valence-corrected chi connectivity index (χ2v) is 7.20. The van der Waals surface area contributed by atoms with Gasteiger partial charge in [-0.15, -0.1) is 0 Å². The van der Waals surface area contributed by atoms with Gasteiger partial charge < -0.3 is 4.74 Å². The highest BCUT2D eigenvalue weighted by Crippen LogP contribution is 2.31. The van der Waals surface area contributed by atoms with Gasteiger partial charge in [-0.25, -0.2) is 13.6 Å². The van der Waals surface area contributed by atoms with Gasteiger partial charge in [0.05, 0.1) is 6.54 Å². The van der Waals surface area contributed by atoms with Crippen molar-refractivity contribution in [3.8, 4) is 0 Å². The zero-order valence-electron chi connectivity index (χ0n) is 15.0. The van der Waals surface area contributed by atoms with Crippen molar-refractivity contribution in [1.29, 1.82) is 0 Å². The summed E-state index contributed by atoms with van der Waals surface area (Å²) in [4.78, 5) is 16.3. The molecule has 3 aliphatic rings. The first-order valence-electron chi connectivity index (χ1n) is 9.30. The molecule has 4 nitrogen and oxygen atoms in total. The molecule has 1 unspecified atom stereocenters. The maximum atomic E-state index is 14.4. The number of carbonyl (C=O) groups excluding carboxylic acids is 1. The number of hydrogen-bond donors (Lipinski definition) is 0. The number of para-hydroxylation sites is 1. The van der Waals surface area contributed by atoms with Gasteiger partial charge in [0, 0.05) is 6.54 Å². The Hall–Kier alpha value is -2.47. The van der Waals surface area contributed by atoms with Crippen molar-refractivity contribution < 1.29 is 18.3 Å². The van der Waals surface area contributed by atoms with E-state index in [1.807, 2.05) is 30.3 Å². The average molecular weight is 372 g/mol. The number of anilines is 1. The fraction of sp³-hybridized carbons (Fsp3) is 0.381. The number of halogens is 2. The number of rotatable bonds is 4. The van der Waals surface area contributed by atoms with Crippen LogP contribution in [-0.2, 0) is 11.3 Å². The van der Waals surface area contributed by atoms with Crippen molar-refractivity contribution >= 4 is 11.8 Å². The molecule has 3 fully saturated rings. The highest BCUT2D eigenvalue weighted by Gasteiger charge is 2.38. The molecule has 0 aliphatic carbocycles. The number of amides is 1. The normalized spacial score (nSPS) is 23.9. The molecule has 0 N–H and O–H groups in total. The van der Waals surface area contributed by atoms with Crippen LogP contribution in [0, 0.1) is 17.6 Å². The topological polar surface area (TPSA) is 32.8 Å². The van der Waals surface area contributed by atoms with Crippen molar-refractivity contribution in [2.75, 3.05) is 24.5 Å². The lowest BCUT2D eigenvalue weighted by Gasteiger charge is -2.44. The first-order valence-corrected chi connectivity index (χ1v) is 9.30. The summed E-state index contributed by atoms with van der Waals surface area (Å²) in [5.41, 5.74) is 0.402. The van der Waals surface area contributed by atoms with Crippen LogP contribution in [0.5, 0.6) is 0 Å². The van der Waals surface area contributed by atoms with Crippen molar-refractivity contribution in [3.63, 3.8) is 0 Å². The SMILES string of the molecule is O=C(OC1CN2CCC1CC2)N(Cc1ccccc1)c1c(F)cccc1F. The fourth-order valence-electron chi connectivity index (χ4n) is 3.99. The van der Waals surface area contributed by atoms with Gasteiger partial charge in [0.2, 0.25) is 0 Å². The number of hydrogen-bond acceptors (Lipinski definition) is 3. The van der Waals surface area contributed by atoms with Crippen LogP contribution in [0.25, 0.3) is 0 Å². The summed E-state index contributed by atoms with van der Waals surface area (Å²) in [5.74, 6) is -1.24. The molecule has 0 aromatic heterocycles. The van der Waals surface area contributed by atoms with E-state index in [1.165, 1.54) is 6.07 Å². The molecule has 2 bridgehead atoms. The summed E-state index contributed by atoms with van der Waals surface area (Å²) in [6.07, 6.45) is 1.05. The summed E-state index contributed by atoms with van der Waals surface area (Å²) in [6, 6.07) is 12.7. The third kappa shape index (κ3) is 3.81. The molecule has 2 aromatic carbocycles. The minimum atomic E-state index is -0.781. The van der Waals surface area contributed by atoms with Crippen molar-refractivity contribution in [2.45, 2.75) is 25.5 Å². The first-order chi connectivity index (χ1) is 13.1. The Kier molecular flexibility index (Phi) is 5.07. The number of carbonyl (C=O) groups is 1. The molecule has 5 rings (SSSR count). The molecule has 6 heteroatoms. The van der Waals surface area contributed by atoms with Gasteiger partial charge in [0.15, 0.2) is 0 Å². The summed E-state index contributed by atoms with van der Waals surface area (Å²) < 4.78 is 34.5. The van der Waals surface area contributed by atoms with E-state index in [2.05, 4.69) is 4.90 Å². The molecule has 27 heavy (non-hydrogen) atoms. The van der Waals surface area contributed by atoms with E-state index in [-0.39, 0.29) is 18.3 Å². The zero-order valence-corrected chi connectivity index (χ0v) is 15.0. The van der Waals surface area contributed by atoms with E-state index >= 15 is 0 Å². The van der Waals surface area contributed by atoms with Crippen LogP contribution < -0.4 is 4.90 Å². The predicted molar refractivity (Wildman–Crippen MR) is 98.4 cm³/mol. The lowest BCUT2D eigenvalue weighted by atomic mass is 9.86. The molecule has 1 amide bonds. The lowest BCUT2D eigenvalue weighted by molar-refractivity contribution is -0.0312. The largest absolute Gasteiger partial charge is 0.444 e. The third-order valence-electron chi connectivity index (χ3n) is 5.46. The number of ether oxygens (including phenoxy) is 1. The summed E-state index contributed by atoms with van der Waals surface area (Å²) in [7, 11) is 0. The van der Waals surface area contributed by atoms with E-state index in [4.69, 9.17) is 4.74 Å². The van der Waals surface area contributed by atoms with Gasteiger partial charge in [-0.3, -0.25) is 9.80 Å². The highest BCUT2D eigenvalue weighted by atomic mass is 19.1. The molecular weight excluding hydrogens is 350 g/mol. The van der Waals surface area contributed by atoms with E-state index in [9.17, 15) is 13.6 Å². The Bertz CT molecular complexity index is 787. The number of fused-ring (bicyclic) bond motifs is 3. The lowest BCUT2D eigenvalue weighted by Crippen LogP contribution is -2.53. The Morgan fingerprint density at radius 3 is 2.30 bits per heavy atom. The molecular formula is C21H22F2N2O2. The van der Waals surface area contributed by atoms with Crippen molar-refractivity contribution in [2.24, 2.45) is 5.92 Å². The summed E-state index contributed by atoms with van der Waals surface area (Å²) >= 11 is 0. The first kappa shape index (κ1) is 17.9. The van der Waals surface area contributed by atoms with Crippen LogP contribution in [0.1, 0.15) is 18.4 Å². The zero-order chi connectivity index (χ0) is 18.8. The molecule has 3 saturated heterocycles. The Morgan fingerprint density at radius 1 is 1.04 bits per heavy atom. The van der Waals surface area contributed by atoms with Gasteiger partial charge in [-0.1, -0.05) is 36.4 Å². The molecule has 2 aromatic rings. The van der Waals surface area contributed by atoms with E-state index in [1.54, 1.807) is 0 Å². The van der Waals surface area contributed by atoms with E-state index in [0.29, 0.717) is 12.5 Å². The Labute approximate surface area is 157 Å². The molecule has 0 spiro atoms. The van der Waals surface area contributed by atoms with Gasteiger partial charge in [-0.2, -0.15) is 0 Å². The average Bonchev–Trinajstić information content (AvgIpc) is 2.69. The van der Waals surface area contributed by atoms with Crippen LogP contribution in [0.3, 0.4) is 0 Å². The second kappa shape index (κ2) is 7.64. The quantitative estimate of drug-likeness (QED) is 0.806. The molecule has 3 heterocycles. The molecule has 1 atom stereocenters. The standard InChI is InChI=1S/C21H22F2N2O2/c22-17-7-4-8-18(23)20(17)25(13-15-5-2-1-3-6-15)21(26)27-19-14-24-11-9-16(19)10-12-24/h1-8,16,19H,9-14H2. The van der Waals surface area contributed by atoms with E-state index < -0.39 is 17.7 Å². The minimum Gasteiger partial charge on any atom is -0.444 e. The molecule has 0 saturated carbocycles. The predicted octanol–water partition coefficient (Wildman–Crippen LogP) is 4.20.